The Hall–Kier alpha value is -2.28. The van der Waals surface area contributed by atoms with Crippen LogP contribution in [0.15, 0.2) is 28.8 Å². The number of hydrogen-bond acceptors (Lipinski definition) is 5. The first-order valence-electron chi connectivity index (χ1n) is 6.40. The zero-order valence-electron chi connectivity index (χ0n) is 12.0. The van der Waals surface area contributed by atoms with Crippen molar-refractivity contribution in [1.82, 2.24) is 10.3 Å². The maximum atomic E-state index is 13.1. The summed E-state index contributed by atoms with van der Waals surface area (Å²) in [6.07, 6.45) is 1.40. The van der Waals surface area contributed by atoms with Crippen molar-refractivity contribution >= 4 is 5.69 Å². The first-order chi connectivity index (χ1) is 9.76. The van der Waals surface area contributed by atoms with Crippen molar-refractivity contribution in [3.05, 3.63) is 46.2 Å². The molecule has 1 aromatic carbocycles. The first-order valence-corrected chi connectivity index (χ1v) is 6.40. The molecule has 0 bridgehead atoms. The van der Waals surface area contributed by atoms with Crippen molar-refractivity contribution in [2.45, 2.75) is 32.9 Å². The molecule has 0 aliphatic carbocycles. The molecule has 2 aromatic rings. The van der Waals surface area contributed by atoms with Gasteiger partial charge in [-0.15, -0.1) is 0 Å². The van der Waals surface area contributed by atoms with Gasteiger partial charge < -0.3 is 9.73 Å². The fourth-order valence-corrected chi connectivity index (χ4v) is 1.72. The Balaban J connectivity index is 2.28. The summed E-state index contributed by atoms with van der Waals surface area (Å²) in [6, 6.07) is 3.33. The molecule has 0 spiro atoms. The smallest absolute Gasteiger partial charge is 0.283 e. The topological polar surface area (TPSA) is 81.2 Å². The van der Waals surface area contributed by atoms with Crippen LogP contribution in [0.5, 0.6) is 0 Å². The Labute approximate surface area is 121 Å². The van der Waals surface area contributed by atoms with Crippen molar-refractivity contribution in [1.29, 1.82) is 0 Å². The van der Waals surface area contributed by atoms with E-state index >= 15 is 0 Å². The third-order valence-electron chi connectivity index (χ3n) is 2.75. The number of aromatic nitrogens is 1. The molecule has 0 fully saturated rings. The summed E-state index contributed by atoms with van der Waals surface area (Å²) < 4.78 is 18.6. The summed E-state index contributed by atoms with van der Waals surface area (Å²) in [6.45, 7) is 6.41. The Morgan fingerprint density at radius 1 is 1.43 bits per heavy atom. The number of benzene rings is 1. The van der Waals surface area contributed by atoms with Gasteiger partial charge in [0.1, 0.15) is 5.82 Å². The molecule has 1 N–H and O–H groups in total. The van der Waals surface area contributed by atoms with E-state index in [1.54, 1.807) is 0 Å². The number of rotatable bonds is 4. The van der Waals surface area contributed by atoms with Gasteiger partial charge in [-0.25, -0.2) is 9.37 Å². The molecule has 0 aliphatic rings. The highest BCUT2D eigenvalue weighted by atomic mass is 19.1. The molecule has 0 saturated carbocycles. The zero-order valence-corrected chi connectivity index (χ0v) is 12.0. The molecule has 0 aliphatic heterocycles. The Morgan fingerprint density at radius 2 is 2.14 bits per heavy atom. The number of hydrogen-bond donors (Lipinski definition) is 1. The summed E-state index contributed by atoms with van der Waals surface area (Å²) in [5, 5.41) is 14.2. The highest BCUT2D eigenvalue weighted by molar-refractivity contribution is 5.68. The maximum absolute atomic E-state index is 13.1. The van der Waals surface area contributed by atoms with Gasteiger partial charge in [0.15, 0.2) is 5.76 Å². The SMILES string of the molecule is CC(C)(C)NCc1ncc(-c2ccc(F)cc2[N+](=O)[O-])o1. The van der Waals surface area contributed by atoms with Gasteiger partial charge >= 0.3 is 0 Å². The molecule has 2 rings (SSSR count). The summed E-state index contributed by atoms with van der Waals surface area (Å²) >= 11 is 0. The Morgan fingerprint density at radius 3 is 2.76 bits per heavy atom. The van der Waals surface area contributed by atoms with Gasteiger partial charge in [0.25, 0.3) is 5.69 Å². The maximum Gasteiger partial charge on any atom is 0.283 e. The van der Waals surface area contributed by atoms with Gasteiger partial charge in [-0.1, -0.05) is 0 Å². The predicted octanol–water partition coefficient (Wildman–Crippen LogP) is 3.28. The minimum absolute atomic E-state index is 0.101. The molecular formula is C14H16FN3O3. The van der Waals surface area contributed by atoms with Gasteiger partial charge in [0.05, 0.1) is 29.3 Å². The molecule has 0 unspecified atom stereocenters. The van der Waals surface area contributed by atoms with Crippen molar-refractivity contribution in [2.24, 2.45) is 0 Å². The van der Waals surface area contributed by atoms with Crippen molar-refractivity contribution in [3.8, 4) is 11.3 Å². The van der Waals surface area contributed by atoms with Crippen LogP contribution in [0, 0.1) is 15.9 Å². The van der Waals surface area contributed by atoms with Crippen LogP contribution in [0.4, 0.5) is 10.1 Å². The van der Waals surface area contributed by atoms with Crippen LogP contribution in [-0.2, 0) is 6.54 Å². The van der Waals surface area contributed by atoms with Crippen LogP contribution in [-0.4, -0.2) is 15.4 Å². The number of nitro groups is 1. The average Bonchev–Trinajstić information content (AvgIpc) is 2.84. The van der Waals surface area contributed by atoms with E-state index in [0.717, 1.165) is 12.1 Å². The molecule has 0 atom stereocenters. The van der Waals surface area contributed by atoms with Crippen LogP contribution in [0.1, 0.15) is 26.7 Å². The largest absolute Gasteiger partial charge is 0.439 e. The van der Waals surface area contributed by atoms with Crippen LogP contribution < -0.4 is 5.32 Å². The van der Waals surface area contributed by atoms with E-state index in [-0.39, 0.29) is 22.6 Å². The average molecular weight is 293 g/mol. The van der Waals surface area contributed by atoms with Crippen LogP contribution in [0.25, 0.3) is 11.3 Å². The lowest BCUT2D eigenvalue weighted by atomic mass is 10.1. The van der Waals surface area contributed by atoms with E-state index in [9.17, 15) is 14.5 Å². The number of halogens is 1. The molecule has 0 amide bonds. The zero-order chi connectivity index (χ0) is 15.6. The van der Waals surface area contributed by atoms with Gasteiger partial charge in [0.2, 0.25) is 5.89 Å². The van der Waals surface area contributed by atoms with Gasteiger partial charge in [-0.05, 0) is 32.9 Å². The molecule has 112 valence electrons. The van der Waals surface area contributed by atoms with Gasteiger partial charge in [-0.2, -0.15) is 0 Å². The van der Waals surface area contributed by atoms with Crippen molar-refractivity contribution < 1.29 is 13.7 Å². The molecule has 1 heterocycles. The fraction of sp³-hybridized carbons (Fsp3) is 0.357. The molecule has 7 heteroatoms. The Bertz CT molecular complexity index is 662. The molecule has 0 radical (unpaired) electrons. The number of nitrogens with one attached hydrogen (secondary N) is 1. The van der Waals surface area contributed by atoms with E-state index < -0.39 is 10.7 Å². The van der Waals surface area contributed by atoms with E-state index in [0.29, 0.717) is 12.4 Å². The molecule has 1 aromatic heterocycles. The minimum Gasteiger partial charge on any atom is -0.439 e. The highest BCUT2D eigenvalue weighted by Crippen LogP contribution is 2.30. The second-order valence-electron chi connectivity index (χ2n) is 5.64. The van der Waals surface area contributed by atoms with E-state index in [1.165, 1.54) is 12.3 Å². The summed E-state index contributed by atoms with van der Waals surface area (Å²) in [7, 11) is 0. The second-order valence-corrected chi connectivity index (χ2v) is 5.64. The highest BCUT2D eigenvalue weighted by Gasteiger charge is 2.20. The number of oxazole rings is 1. The van der Waals surface area contributed by atoms with Crippen LogP contribution in [0.2, 0.25) is 0 Å². The lowest BCUT2D eigenvalue weighted by molar-refractivity contribution is -0.384. The van der Waals surface area contributed by atoms with Crippen molar-refractivity contribution in [3.63, 3.8) is 0 Å². The molecule has 21 heavy (non-hydrogen) atoms. The van der Waals surface area contributed by atoms with E-state index in [4.69, 9.17) is 4.42 Å². The lowest BCUT2D eigenvalue weighted by Gasteiger charge is -2.18. The third-order valence-corrected chi connectivity index (χ3v) is 2.75. The number of nitro benzene ring substituents is 1. The normalized spacial score (nSPS) is 11.6. The second kappa shape index (κ2) is 5.61. The Kier molecular flexibility index (Phi) is 4.04. The summed E-state index contributed by atoms with van der Waals surface area (Å²) in [5.41, 5.74) is -0.242. The van der Waals surface area contributed by atoms with Crippen LogP contribution in [0.3, 0.4) is 0 Å². The van der Waals surface area contributed by atoms with Crippen molar-refractivity contribution in [2.75, 3.05) is 0 Å². The quantitative estimate of drug-likeness (QED) is 0.691. The first kappa shape index (κ1) is 15.1. The fourth-order valence-electron chi connectivity index (χ4n) is 1.72. The minimum atomic E-state index is -0.667. The summed E-state index contributed by atoms with van der Waals surface area (Å²) in [5.74, 6) is -0.00875. The predicted molar refractivity (Wildman–Crippen MR) is 75.1 cm³/mol. The van der Waals surface area contributed by atoms with Crippen LogP contribution >= 0.6 is 0 Å². The lowest BCUT2D eigenvalue weighted by Crippen LogP contribution is -2.35. The molecule has 6 nitrogen and oxygen atoms in total. The molecule has 0 saturated heterocycles. The van der Waals surface area contributed by atoms with Gasteiger partial charge in [-0.3, -0.25) is 10.1 Å². The standard InChI is InChI=1S/C14H16FN3O3/c1-14(2,3)17-8-13-16-7-12(21-13)10-5-4-9(15)6-11(10)18(19)20/h4-7,17H,8H2,1-3H3. The summed E-state index contributed by atoms with van der Waals surface area (Å²) in [4.78, 5) is 14.4. The van der Waals surface area contributed by atoms with Gasteiger partial charge in [0, 0.05) is 5.54 Å². The molecular weight excluding hydrogens is 277 g/mol. The van der Waals surface area contributed by atoms with E-state index in [1.807, 2.05) is 20.8 Å². The third kappa shape index (κ3) is 3.85. The number of nitrogens with zero attached hydrogens (tertiary/aromatic N) is 2. The van der Waals surface area contributed by atoms with E-state index in [2.05, 4.69) is 10.3 Å². The monoisotopic (exact) mass is 293 g/mol.